The number of nitrogens with zero attached hydrogens (tertiary/aromatic N) is 1. The average Bonchev–Trinajstić information content (AvgIpc) is 2.54. The number of hydrogen-bond donors (Lipinski definition) is 1. The number of hydrogen-bond acceptors (Lipinski definition) is 4. The molecular formula is C16H22Cl2N2O4S. The van der Waals surface area contributed by atoms with Gasteiger partial charge in [-0.2, -0.15) is 0 Å². The molecule has 1 aromatic carbocycles. The van der Waals surface area contributed by atoms with Crippen LogP contribution in [0.25, 0.3) is 0 Å². The fourth-order valence-corrected chi connectivity index (χ4v) is 3.98. The first-order valence-corrected chi connectivity index (χ1v) is 10.6. The van der Waals surface area contributed by atoms with E-state index < -0.39 is 16.1 Å². The fraction of sp³-hybridized carbons (Fsp3) is 0.562. The van der Waals surface area contributed by atoms with E-state index in [1.807, 2.05) is 0 Å². The zero-order valence-corrected chi connectivity index (χ0v) is 16.5. The lowest BCUT2D eigenvalue weighted by Crippen LogP contribution is -2.43. The summed E-state index contributed by atoms with van der Waals surface area (Å²) in [4.78, 5) is 12.2. The smallest absolute Gasteiger partial charge is 0.260 e. The Morgan fingerprint density at radius 3 is 2.56 bits per heavy atom. The Bertz CT molecular complexity index is 719. The summed E-state index contributed by atoms with van der Waals surface area (Å²) >= 11 is 11.9. The molecule has 0 bridgehead atoms. The van der Waals surface area contributed by atoms with Gasteiger partial charge in [-0.1, -0.05) is 23.2 Å². The molecule has 1 N–H and O–H groups in total. The maximum atomic E-state index is 12.2. The molecule has 1 heterocycles. The van der Waals surface area contributed by atoms with Crippen molar-refractivity contribution in [2.45, 2.75) is 25.9 Å². The van der Waals surface area contributed by atoms with Crippen LogP contribution >= 0.6 is 23.2 Å². The van der Waals surface area contributed by atoms with Crippen molar-refractivity contribution in [2.24, 2.45) is 5.92 Å². The minimum absolute atomic E-state index is 0.239. The quantitative estimate of drug-likeness (QED) is 0.784. The first-order valence-electron chi connectivity index (χ1n) is 8.01. The average molecular weight is 409 g/mol. The monoisotopic (exact) mass is 408 g/mol. The van der Waals surface area contributed by atoms with E-state index in [2.05, 4.69) is 5.32 Å². The van der Waals surface area contributed by atoms with Crippen LogP contribution in [0.2, 0.25) is 10.0 Å². The van der Waals surface area contributed by atoms with Crippen molar-refractivity contribution in [2.75, 3.05) is 25.9 Å². The van der Waals surface area contributed by atoms with Gasteiger partial charge in [0.2, 0.25) is 10.0 Å². The van der Waals surface area contributed by atoms with Crippen LogP contribution in [0.3, 0.4) is 0 Å². The molecule has 0 spiro atoms. The molecule has 1 atom stereocenters. The van der Waals surface area contributed by atoms with Crippen LogP contribution in [0.15, 0.2) is 18.2 Å². The summed E-state index contributed by atoms with van der Waals surface area (Å²) < 4.78 is 30.0. The van der Waals surface area contributed by atoms with E-state index in [0.29, 0.717) is 35.4 Å². The number of ether oxygens (including phenoxy) is 1. The molecule has 1 saturated heterocycles. The summed E-state index contributed by atoms with van der Waals surface area (Å²) in [6.45, 7) is 3.13. The van der Waals surface area contributed by atoms with Crippen LogP contribution in [0.4, 0.5) is 0 Å². The standard InChI is InChI=1S/C16H22Cl2N2O4S/c1-11(24-15-4-3-13(17)9-14(15)18)16(21)19-10-12-5-7-20(8-6-12)25(2,22)23/h3-4,9,11-12H,5-8,10H2,1-2H3,(H,19,21)/t11-/m1/s1. The summed E-state index contributed by atoms with van der Waals surface area (Å²) in [6, 6.07) is 4.82. The predicted octanol–water partition coefficient (Wildman–Crippen LogP) is 2.55. The lowest BCUT2D eigenvalue weighted by molar-refractivity contribution is -0.127. The van der Waals surface area contributed by atoms with E-state index in [4.69, 9.17) is 27.9 Å². The molecule has 9 heteroatoms. The second-order valence-electron chi connectivity index (χ2n) is 6.19. The summed E-state index contributed by atoms with van der Waals surface area (Å²) in [5, 5.41) is 3.70. The second-order valence-corrected chi connectivity index (χ2v) is 9.01. The first-order chi connectivity index (χ1) is 11.7. The van der Waals surface area contributed by atoms with Crippen molar-refractivity contribution in [3.8, 4) is 5.75 Å². The highest BCUT2D eigenvalue weighted by Gasteiger charge is 2.25. The molecule has 1 aromatic rings. The molecule has 0 aromatic heterocycles. The van der Waals surface area contributed by atoms with Crippen molar-refractivity contribution in [1.82, 2.24) is 9.62 Å². The van der Waals surface area contributed by atoms with Gasteiger partial charge in [-0.25, -0.2) is 12.7 Å². The number of benzene rings is 1. The maximum Gasteiger partial charge on any atom is 0.260 e. The number of nitrogens with one attached hydrogen (secondary N) is 1. The van der Waals surface area contributed by atoms with Gasteiger partial charge >= 0.3 is 0 Å². The van der Waals surface area contributed by atoms with E-state index in [9.17, 15) is 13.2 Å². The summed E-state index contributed by atoms with van der Waals surface area (Å²) in [7, 11) is -3.13. The van der Waals surface area contributed by atoms with Gasteiger partial charge in [0.25, 0.3) is 5.91 Å². The number of halogens is 2. The first kappa shape index (κ1) is 20.3. The normalized spacial score (nSPS) is 17.9. The number of rotatable bonds is 6. The highest BCUT2D eigenvalue weighted by atomic mass is 35.5. The summed E-state index contributed by atoms with van der Waals surface area (Å²) in [5.74, 6) is 0.417. The van der Waals surface area contributed by atoms with Gasteiger partial charge in [0.05, 0.1) is 11.3 Å². The highest BCUT2D eigenvalue weighted by molar-refractivity contribution is 7.88. The van der Waals surface area contributed by atoms with E-state index >= 15 is 0 Å². The van der Waals surface area contributed by atoms with Crippen LogP contribution in [-0.2, 0) is 14.8 Å². The molecule has 1 aliphatic heterocycles. The zero-order chi connectivity index (χ0) is 18.6. The Morgan fingerprint density at radius 2 is 2.00 bits per heavy atom. The molecule has 2 rings (SSSR count). The molecular weight excluding hydrogens is 387 g/mol. The van der Waals surface area contributed by atoms with Crippen molar-refractivity contribution >= 4 is 39.1 Å². The Hall–Kier alpha value is -1.02. The molecule has 6 nitrogen and oxygen atoms in total. The molecule has 1 amide bonds. The predicted molar refractivity (Wildman–Crippen MR) is 98.7 cm³/mol. The molecule has 140 valence electrons. The van der Waals surface area contributed by atoms with Gasteiger partial charge in [-0.3, -0.25) is 4.79 Å². The van der Waals surface area contributed by atoms with Gasteiger partial charge in [0.15, 0.2) is 6.10 Å². The molecule has 25 heavy (non-hydrogen) atoms. The third kappa shape index (κ3) is 6.02. The van der Waals surface area contributed by atoms with Crippen molar-refractivity contribution in [1.29, 1.82) is 0 Å². The number of sulfonamides is 1. The summed E-state index contributed by atoms with van der Waals surface area (Å²) in [6.07, 6.45) is 1.97. The number of carbonyl (C=O) groups excluding carboxylic acids is 1. The second kappa shape index (κ2) is 8.58. The van der Waals surface area contributed by atoms with Crippen LogP contribution in [0.1, 0.15) is 19.8 Å². The molecule has 0 unspecified atom stereocenters. The molecule has 1 aliphatic rings. The third-order valence-electron chi connectivity index (χ3n) is 4.17. The Morgan fingerprint density at radius 1 is 1.36 bits per heavy atom. The zero-order valence-electron chi connectivity index (χ0n) is 14.2. The minimum atomic E-state index is -3.13. The van der Waals surface area contributed by atoms with Gasteiger partial charge in [0, 0.05) is 24.7 Å². The van der Waals surface area contributed by atoms with Crippen LogP contribution in [-0.4, -0.2) is 50.6 Å². The van der Waals surface area contributed by atoms with Crippen LogP contribution < -0.4 is 10.1 Å². The van der Waals surface area contributed by atoms with E-state index in [1.165, 1.54) is 10.6 Å². The van der Waals surface area contributed by atoms with Crippen molar-refractivity contribution in [3.63, 3.8) is 0 Å². The Labute approximate surface area is 158 Å². The molecule has 0 aliphatic carbocycles. The lowest BCUT2D eigenvalue weighted by Gasteiger charge is -2.30. The molecule has 0 radical (unpaired) electrons. The van der Waals surface area contributed by atoms with Gasteiger partial charge in [-0.05, 0) is 43.9 Å². The number of carbonyl (C=O) groups is 1. The van der Waals surface area contributed by atoms with Crippen molar-refractivity contribution in [3.05, 3.63) is 28.2 Å². The van der Waals surface area contributed by atoms with Crippen LogP contribution in [0, 0.1) is 5.92 Å². The van der Waals surface area contributed by atoms with Gasteiger partial charge in [-0.15, -0.1) is 0 Å². The largest absolute Gasteiger partial charge is 0.479 e. The number of piperidine rings is 1. The van der Waals surface area contributed by atoms with Gasteiger partial charge in [0.1, 0.15) is 5.75 Å². The fourth-order valence-electron chi connectivity index (χ4n) is 2.65. The van der Waals surface area contributed by atoms with E-state index in [0.717, 1.165) is 12.8 Å². The molecule has 1 fully saturated rings. The Balaban J connectivity index is 1.78. The highest BCUT2D eigenvalue weighted by Crippen LogP contribution is 2.28. The lowest BCUT2D eigenvalue weighted by atomic mass is 9.98. The van der Waals surface area contributed by atoms with Crippen molar-refractivity contribution < 1.29 is 17.9 Å². The number of amides is 1. The SMILES string of the molecule is C[C@@H](Oc1ccc(Cl)cc1Cl)C(=O)NCC1CCN(S(C)(=O)=O)CC1. The maximum absolute atomic E-state index is 12.2. The van der Waals surface area contributed by atoms with E-state index in [1.54, 1.807) is 25.1 Å². The topological polar surface area (TPSA) is 75.7 Å². The van der Waals surface area contributed by atoms with E-state index in [-0.39, 0.29) is 11.8 Å². The van der Waals surface area contributed by atoms with Gasteiger partial charge < -0.3 is 10.1 Å². The minimum Gasteiger partial charge on any atom is -0.479 e. The third-order valence-corrected chi connectivity index (χ3v) is 6.01. The summed E-state index contributed by atoms with van der Waals surface area (Å²) in [5.41, 5.74) is 0. The Kier molecular flexibility index (Phi) is 6.96. The molecule has 0 saturated carbocycles. The van der Waals surface area contributed by atoms with Crippen LogP contribution in [0.5, 0.6) is 5.75 Å².